The molecule has 0 atom stereocenters. The molecule has 1 heterocycles. The van der Waals surface area contributed by atoms with Crippen LogP contribution in [-0.4, -0.2) is 37.0 Å². The number of halogens is 1. The molecule has 2 N–H and O–H groups in total. The molecule has 0 saturated carbocycles. The Bertz CT molecular complexity index is 1320. The number of rotatable bonds is 11. The molecule has 11 nitrogen and oxygen atoms in total. The van der Waals surface area contributed by atoms with Crippen molar-refractivity contribution in [1.82, 2.24) is 5.43 Å². The van der Waals surface area contributed by atoms with E-state index in [1.165, 1.54) is 18.3 Å². The molecular weight excluding hydrogens is 595 g/mol. The van der Waals surface area contributed by atoms with Gasteiger partial charge in [-0.25, -0.2) is 5.43 Å². The first-order valence-electron chi connectivity index (χ1n) is 11.2. The van der Waals surface area contributed by atoms with Crippen LogP contribution in [0.25, 0.3) is 0 Å². The third kappa shape index (κ3) is 7.00. The topological polar surface area (TPSA) is 134 Å². The van der Waals surface area contributed by atoms with Gasteiger partial charge in [0.05, 0.1) is 27.9 Å². The fraction of sp³-hybridized carbons (Fsp3) is 0.200. The van der Waals surface area contributed by atoms with Gasteiger partial charge in [-0.1, -0.05) is 0 Å². The molecule has 0 fully saturated rings. The molecule has 0 bridgehead atoms. The minimum atomic E-state index is -0.445. The number of benzene rings is 3. The number of carbonyl (C=O) groups is 1. The molecule has 12 heteroatoms. The van der Waals surface area contributed by atoms with Crippen molar-refractivity contribution in [2.75, 3.05) is 25.3 Å². The Labute approximate surface area is 226 Å². The van der Waals surface area contributed by atoms with E-state index in [0.29, 0.717) is 35.2 Å². The number of fused-ring (bicyclic) bond motifs is 1. The van der Waals surface area contributed by atoms with Gasteiger partial charge in [-0.15, -0.1) is 0 Å². The molecule has 0 spiro atoms. The number of hydrogen-bond donors (Lipinski definition) is 2. The van der Waals surface area contributed by atoms with Crippen LogP contribution in [0.3, 0.4) is 0 Å². The molecule has 0 aromatic heterocycles. The number of anilines is 1. The molecule has 192 valence electrons. The second-order valence-electron chi connectivity index (χ2n) is 7.69. The number of hydrazone groups is 1. The zero-order valence-electron chi connectivity index (χ0n) is 19.7. The lowest BCUT2D eigenvalue weighted by atomic mass is 10.2. The lowest BCUT2D eigenvalue weighted by molar-refractivity contribution is -0.384. The van der Waals surface area contributed by atoms with E-state index < -0.39 is 4.92 Å². The second kappa shape index (κ2) is 12.3. The van der Waals surface area contributed by atoms with E-state index in [0.717, 1.165) is 14.8 Å². The Morgan fingerprint density at radius 1 is 1.14 bits per heavy atom. The third-order valence-electron chi connectivity index (χ3n) is 5.09. The number of ether oxygens (including phenoxy) is 4. The van der Waals surface area contributed by atoms with Crippen molar-refractivity contribution in [2.24, 2.45) is 5.10 Å². The molecule has 1 amide bonds. The standard InChI is InChI=1S/C25H23IN4O7/c1-2-34-23-10-17(9-20(26)25(23)35-14-16-3-6-19(7-4-16)30(32)33)12-28-29-24(31)13-27-18-5-8-21-22(11-18)37-15-36-21/h3-12,27H,2,13-15H2,1H3,(H,29,31)/b28-12-. The van der Waals surface area contributed by atoms with Gasteiger partial charge in [0, 0.05) is 23.9 Å². The van der Waals surface area contributed by atoms with E-state index in [4.69, 9.17) is 18.9 Å². The van der Waals surface area contributed by atoms with Crippen molar-refractivity contribution in [3.05, 3.63) is 79.4 Å². The summed E-state index contributed by atoms with van der Waals surface area (Å²) in [7, 11) is 0. The molecule has 1 aliphatic rings. The van der Waals surface area contributed by atoms with Crippen molar-refractivity contribution >= 4 is 46.1 Å². The van der Waals surface area contributed by atoms with Gasteiger partial charge in [0.2, 0.25) is 6.79 Å². The van der Waals surface area contributed by atoms with Gasteiger partial charge in [0.15, 0.2) is 23.0 Å². The van der Waals surface area contributed by atoms with Crippen molar-refractivity contribution in [3.8, 4) is 23.0 Å². The largest absolute Gasteiger partial charge is 0.490 e. The smallest absolute Gasteiger partial charge is 0.269 e. The molecule has 4 rings (SSSR count). The molecule has 0 saturated heterocycles. The number of nitro benzene ring substituents is 1. The summed E-state index contributed by atoms with van der Waals surface area (Å²) in [5.74, 6) is 2.05. The minimum absolute atomic E-state index is 0.0211. The summed E-state index contributed by atoms with van der Waals surface area (Å²) in [5, 5.41) is 17.9. The highest BCUT2D eigenvalue weighted by Crippen LogP contribution is 2.35. The Morgan fingerprint density at radius 3 is 2.68 bits per heavy atom. The predicted molar refractivity (Wildman–Crippen MR) is 145 cm³/mol. The monoisotopic (exact) mass is 618 g/mol. The molecule has 37 heavy (non-hydrogen) atoms. The lowest BCUT2D eigenvalue weighted by Crippen LogP contribution is -2.25. The Balaban J connectivity index is 1.34. The normalized spacial score (nSPS) is 11.8. The van der Waals surface area contributed by atoms with Gasteiger partial charge in [0.25, 0.3) is 11.6 Å². The third-order valence-corrected chi connectivity index (χ3v) is 5.89. The Kier molecular flexibility index (Phi) is 8.61. The van der Waals surface area contributed by atoms with Crippen LogP contribution in [0.2, 0.25) is 0 Å². The summed E-state index contributed by atoms with van der Waals surface area (Å²) in [6, 6.07) is 15.1. The van der Waals surface area contributed by atoms with Gasteiger partial charge in [-0.3, -0.25) is 14.9 Å². The zero-order valence-corrected chi connectivity index (χ0v) is 21.9. The van der Waals surface area contributed by atoms with Crippen molar-refractivity contribution < 1.29 is 28.7 Å². The van der Waals surface area contributed by atoms with E-state index in [1.54, 1.807) is 36.4 Å². The van der Waals surface area contributed by atoms with Gasteiger partial charge >= 0.3 is 0 Å². The molecule has 3 aromatic rings. The van der Waals surface area contributed by atoms with Crippen LogP contribution in [0.15, 0.2) is 59.7 Å². The number of nitrogens with one attached hydrogen (secondary N) is 2. The first-order chi connectivity index (χ1) is 17.9. The van der Waals surface area contributed by atoms with Gasteiger partial charge in [-0.05, 0) is 77.0 Å². The molecule has 3 aromatic carbocycles. The van der Waals surface area contributed by atoms with Crippen LogP contribution in [0.4, 0.5) is 11.4 Å². The quantitative estimate of drug-likeness (QED) is 0.139. The van der Waals surface area contributed by atoms with E-state index >= 15 is 0 Å². The molecule has 1 aliphatic heterocycles. The van der Waals surface area contributed by atoms with E-state index in [-0.39, 0.29) is 31.5 Å². The van der Waals surface area contributed by atoms with Crippen molar-refractivity contribution in [1.29, 1.82) is 0 Å². The lowest BCUT2D eigenvalue weighted by Gasteiger charge is -2.14. The summed E-state index contributed by atoms with van der Waals surface area (Å²) in [4.78, 5) is 22.6. The van der Waals surface area contributed by atoms with Crippen LogP contribution < -0.4 is 29.7 Å². The van der Waals surface area contributed by atoms with Crippen LogP contribution >= 0.6 is 22.6 Å². The maximum atomic E-state index is 12.2. The van der Waals surface area contributed by atoms with Crippen LogP contribution in [0.5, 0.6) is 23.0 Å². The number of non-ortho nitro benzene ring substituents is 1. The van der Waals surface area contributed by atoms with Gasteiger partial charge in [-0.2, -0.15) is 5.10 Å². The summed E-state index contributed by atoms with van der Waals surface area (Å²) in [6.45, 7) is 2.71. The highest BCUT2D eigenvalue weighted by molar-refractivity contribution is 14.1. The fourth-order valence-electron chi connectivity index (χ4n) is 3.34. The summed E-state index contributed by atoms with van der Waals surface area (Å²) in [5.41, 5.74) is 4.73. The second-order valence-corrected chi connectivity index (χ2v) is 8.85. The van der Waals surface area contributed by atoms with Crippen molar-refractivity contribution in [3.63, 3.8) is 0 Å². The summed E-state index contributed by atoms with van der Waals surface area (Å²) < 4.78 is 23.1. The van der Waals surface area contributed by atoms with Gasteiger partial charge < -0.3 is 24.3 Å². The highest BCUT2D eigenvalue weighted by atomic mass is 127. The average Bonchev–Trinajstić information content (AvgIpc) is 3.35. The van der Waals surface area contributed by atoms with Crippen LogP contribution in [-0.2, 0) is 11.4 Å². The van der Waals surface area contributed by atoms with E-state index in [1.807, 2.05) is 13.0 Å². The summed E-state index contributed by atoms with van der Waals surface area (Å²) in [6.07, 6.45) is 1.52. The number of carbonyl (C=O) groups excluding carboxylic acids is 1. The number of nitro groups is 1. The summed E-state index contributed by atoms with van der Waals surface area (Å²) >= 11 is 2.13. The predicted octanol–water partition coefficient (Wildman–Crippen LogP) is 4.47. The minimum Gasteiger partial charge on any atom is -0.490 e. The van der Waals surface area contributed by atoms with E-state index in [2.05, 4.69) is 38.4 Å². The first kappa shape index (κ1) is 26.0. The highest BCUT2D eigenvalue weighted by Gasteiger charge is 2.14. The number of amides is 1. The Hall–Kier alpha value is -4.07. The zero-order chi connectivity index (χ0) is 26.2. The van der Waals surface area contributed by atoms with Crippen LogP contribution in [0, 0.1) is 13.7 Å². The maximum Gasteiger partial charge on any atom is 0.269 e. The fourth-order valence-corrected chi connectivity index (χ4v) is 4.12. The van der Waals surface area contributed by atoms with Crippen molar-refractivity contribution in [2.45, 2.75) is 13.5 Å². The number of hydrogen-bond acceptors (Lipinski definition) is 9. The maximum absolute atomic E-state index is 12.2. The average molecular weight is 618 g/mol. The van der Waals surface area contributed by atoms with Crippen LogP contribution in [0.1, 0.15) is 18.1 Å². The Morgan fingerprint density at radius 2 is 1.92 bits per heavy atom. The molecule has 0 radical (unpaired) electrons. The molecular formula is C25H23IN4O7. The number of nitrogens with zero attached hydrogens (tertiary/aromatic N) is 2. The van der Waals surface area contributed by atoms with E-state index in [9.17, 15) is 14.9 Å². The van der Waals surface area contributed by atoms with Gasteiger partial charge in [0.1, 0.15) is 6.61 Å². The first-order valence-corrected chi connectivity index (χ1v) is 12.3. The SMILES string of the molecule is CCOc1cc(/C=N\NC(=O)CNc2ccc3c(c2)OCO3)cc(I)c1OCc1ccc([N+](=O)[O-])cc1. The molecule has 0 unspecified atom stereocenters. The molecule has 0 aliphatic carbocycles.